The van der Waals surface area contributed by atoms with E-state index in [1.54, 1.807) is 43.2 Å². The highest BCUT2D eigenvalue weighted by Gasteiger charge is 2.20. The molecule has 0 unspecified atom stereocenters. The summed E-state index contributed by atoms with van der Waals surface area (Å²) in [6, 6.07) is 3.35. The lowest BCUT2D eigenvalue weighted by molar-refractivity contribution is -0.727. The fraction of sp³-hybridized carbons (Fsp3) is 0.556. The summed E-state index contributed by atoms with van der Waals surface area (Å²) in [6.07, 6.45) is 4.16. The molecule has 1 rings (SSSR count). The SMILES string of the molecule is CC(C)CCCN(CC(=O)O)C(=O)OC[n+]1cccc(C(=O)N(C)C)c1. The van der Waals surface area contributed by atoms with E-state index in [4.69, 9.17) is 9.84 Å². The van der Waals surface area contributed by atoms with Crippen molar-refractivity contribution in [3.05, 3.63) is 30.1 Å². The van der Waals surface area contributed by atoms with Crippen molar-refractivity contribution in [3.63, 3.8) is 0 Å². The molecule has 1 aromatic heterocycles. The Kier molecular flexibility index (Phi) is 8.54. The maximum atomic E-state index is 12.2. The Morgan fingerprint density at radius 1 is 1.27 bits per heavy atom. The van der Waals surface area contributed by atoms with Gasteiger partial charge in [0.1, 0.15) is 12.1 Å². The van der Waals surface area contributed by atoms with E-state index in [1.165, 1.54) is 9.80 Å². The number of carbonyl (C=O) groups excluding carboxylic acids is 2. The third-order valence-electron chi connectivity index (χ3n) is 3.64. The average molecular weight is 366 g/mol. The van der Waals surface area contributed by atoms with Gasteiger partial charge in [-0.2, -0.15) is 4.57 Å². The van der Waals surface area contributed by atoms with E-state index in [2.05, 4.69) is 13.8 Å². The minimum absolute atomic E-state index is 0.103. The highest BCUT2D eigenvalue weighted by atomic mass is 16.6. The van der Waals surface area contributed by atoms with Crippen LogP contribution in [0, 0.1) is 5.92 Å². The van der Waals surface area contributed by atoms with E-state index in [0.717, 1.165) is 6.42 Å². The smallest absolute Gasteiger partial charge is 0.415 e. The lowest BCUT2D eigenvalue weighted by atomic mass is 10.1. The van der Waals surface area contributed by atoms with Crippen LogP contribution in [0.1, 0.15) is 37.0 Å². The summed E-state index contributed by atoms with van der Waals surface area (Å²) in [5.41, 5.74) is 0.466. The number of rotatable bonds is 9. The predicted octanol–water partition coefficient (Wildman–Crippen LogP) is 1.59. The summed E-state index contributed by atoms with van der Waals surface area (Å²) >= 11 is 0. The summed E-state index contributed by atoms with van der Waals surface area (Å²) in [4.78, 5) is 37.8. The molecule has 0 spiro atoms. The lowest BCUT2D eigenvalue weighted by Crippen LogP contribution is -2.42. The molecule has 0 bridgehead atoms. The Labute approximate surface area is 154 Å². The number of amides is 2. The Balaban J connectivity index is 2.67. The van der Waals surface area contributed by atoms with Crippen LogP contribution in [0.4, 0.5) is 4.79 Å². The van der Waals surface area contributed by atoms with Crippen LogP contribution in [0.3, 0.4) is 0 Å². The molecular formula is C18H28N3O5+. The molecule has 0 aromatic carbocycles. The van der Waals surface area contributed by atoms with Crippen molar-refractivity contribution in [2.24, 2.45) is 5.92 Å². The van der Waals surface area contributed by atoms with Crippen molar-refractivity contribution < 1.29 is 28.8 Å². The van der Waals surface area contributed by atoms with E-state index in [9.17, 15) is 14.4 Å². The molecule has 0 atom stereocenters. The van der Waals surface area contributed by atoms with Crippen molar-refractivity contribution in [1.82, 2.24) is 9.80 Å². The zero-order valence-electron chi connectivity index (χ0n) is 15.8. The zero-order chi connectivity index (χ0) is 19.7. The second-order valence-corrected chi connectivity index (χ2v) is 6.70. The van der Waals surface area contributed by atoms with Crippen LogP contribution >= 0.6 is 0 Å². The summed E-state index contributed by atoms with van der Waals surface area (Å²) in [5.74, 6) is -0.769. The van der Waals surface area contributed by atoms with Gasteiger partial charge in [-0.05, 0) is 24.8 Å². The van der Waals surface area contributed by atoms with Gasteiger partial charge in [-0.1, -0.05) is 13.8 Å². The van der Waals surface area contributed by atoms with Crippen molar-refractivity contribution in [3.8, 4) is 0 Å². The van der Waals surface area contributed by atoms with Crippen LogP contribution in [0.15, 0.2) is 24.5 Å². The molecule has 0 saturated carbocycles. The van der Waals surface area contributed by atoms with Crippen molar-refractivity contribution >= 4 is 18.0 Å². The maximum Gasteiger partial charge on any atom is 0.415 e. The number of pyridine rings is 1. The fourth-order valence-corrected chi connectivity index (χ4v) is 2.30. The first-order chi connectivity index (χ1) is 12.2. The van der Waals surface area contributed by atoms with Gasteiger partial charge < -0.3 is 14.7 Å². The van der Waals surface area contributed by atoms with Crippen LogP contribution in [0.2, 0.25) is 0 Å². The number of carbonyl (C=O) groups is 3. The Hall–Kier alpha value is -2.64. The topological polar surface area (TPSA) is 91.0 Å². The quantitative estimate of drug-likeness (QED) is 0.670. The molecule has 0 fully saturated rings. The van der Waals surface area contributed by atoms with Gasteiger partial charge in [0.15, 0.2) is 12.4 Å². The van der Waals surface area contributed by atoms with Gasteiger partial charge in [-0.25, -0.2) is 4.79 Å². The Morgan fingerprint density at radius 3 is 2.54 bits per heavy atom. The minimum atomic E-state index is -1.09. The van der Waals surface area contributed by atoms with Crippen LogP contribution in [0.25, 0.3) is 0 Å². The standard InChI is InChI=1S/C18H27N3O5/c1-14(2)7-5-10-21(12-16(22)23)18(25)26-13-20-9-6-8-15(11-20)17(24)19(3)4/h6,8-9,11,14H,5,7,10,12-13H2,1-4H3/p+1. The Bertz CT molecular complexity index is 631. The van der Waals surface area contributed by atoms with Crippen LogP contribution in [-0.2, 0) is 16.3 Å². The summed E-state index contributed by atoms with van der Waals surface area (Å²) in [7, 11) is 3.31. The molecule has 2 amide bonds. The average Bonchev–Trinajstić information content (AvgIpc) is 2.57. The molecule has 1 N–H and O–H groups in total. The molecule has 1 heterocycles. The number of hydrogen-bond acceptors (Lipinski definition) is 4. The third kappa shape index (κ3) is 7.50. The highest BCUT2D eigenvalue weighted by Crippen LogP contribution is 2.06. The first-order valence-electron chi connectivity index (χ1n) is 8.55. The van der Waals surface area contributed by atoms with Gasteiger partial charge in [-0.15, -0.1) is 0 Å². The van der Waals surface area contributed by atoms with Crippen LogP contribution < -0.4 is 4.57 Å². The van der Waals surface area contributed by atoms with Gasteiger partial charge in [0, 0.05) is 26.7 Å². The van der Waals surface area contributed by atoms with Crippen molar-refractivity contribution in [2.75, 3.05) is 27.2 Å². The minimum Gasteiger partial charge on any atom is -0.480 e. The van der Waals surface area contributed by atoms with Crippen LogP contribution in [-0.4, -0.2) is 60.1 Å². The predicted molar refractivity (Wildman–Crippen MR) is 94.4 cm³/mol. The van der Waals surface area contributed by atoms with Gasteiger partial charge in [0.25, 0.3) is 12.6 Å². The molecule has 26 heavy (non-hydrogen) atoms. The van der Waals surface area contributed by atoms with Gasteiger partial charge in [0.05, 0.1) is 0 Å². The highest BCUT2D eigenvalue weighted by molar-refractivity contribution is 5.93. The number of ether oxygens (including phenoxy) is 1. The second-order valence-electron chi connectivity index (χ2n) is 6.70. The summed E-state index contributed by atoms with van der Waals surface area (Å²) < 4.78 is 6.76. The third-order valence-corrected chi connectivity index (χ3v) is 3.64. The van der Waals surface area contributed by atoms with Gasteiger partial charge in [0.2, 0.25) is 0 Å². The molecule has 144 valence electrons. The molecule has 0 aliphatic carbocycles. The summed E-state index contributed by atoms with van der Waals surface area (Å²) in [6.45, 7) is 3.96. The Morgan fingerprint density at radius 2 is 1.96 bits per heavy atom. The van der Waals surface area contributed by atoms with E-state index in [0.29, 0.717) is 24.4 Å². The van der Waals surface area contributed by atoms with Crippen LogP contribution in [0.5, 0.6) is 0 Å². The molecular weight excluding hydrogens is 338 g/mol. The van der Waals surface area contributed by atoms with Crippen molar-refractivity contribution in [2.45, 2.75) is 33.4 Å². The maximum absolute atomic E-state index is 12.2. The fourth-order valence-electron chi connectivity index (χ4n) is 2.30. The molecule has 1 aromatic rings. The van der Waals surface area contributed by atoms with E-state index < -0.39 is 18.6 Å². The molecule has 0 aliphatic rings. The van der Waals surface area contributed by atoms with E-state index >= 15 is 0 Å². The lowest BCUT2D eigenvalue weighted by Gasteiger charge is -2.19. The number of carboxylic acid groups (broad SMARTS) is 1. The molecule has 0 radical (unpaired) electrons. The summed E-state index contributed by atoms with van der Waals surface area (Å²) in [5, 5.41) is 8.98. The molecule has 8 nitrogen and oxygen atoms in total. The monoisotopic (exact) mass is 366 g/mol. The van der Waals surface area contributed by atoms with Crippen molar-refractivity contribution in [1.29, 1.82) is 0 Å². The largest absolute Gasteiger partial charge is 0.480 e. The van der Waals surface area contributed by atoms with Gasteiger partial charge >= 0.3 is 12.1 Å². The molecule has 0 saturated heterocycles. The normalized spacial score (nSPS) is 10.5. The van der Waals surface area contributed by atoms with E-state index in [-0.39, 0.29) is 12.6 Å². The van der Waals surface area contributed by atoms with E-state index in [1.807, 2.05) is 0 Å². The number of aliphatic carboxylic acids is 1. The molecule has 8 heteroatoms. The second kappa shape index (κ2) is 10.4. The number of carboxylic acids is 1. The molecule has 0 aliphatic heterocycles. The van der Waals surface area contributed by atoms with Gasteiger partial charge in [-0.3, -0.25) is 14.5 Å². The zero-order valence-corrected chi connectivity index (χ0v) is 15.8. The number of hydrogen-bond donors (Lipinski definition) is 1. The number of nitrogens with zero attached hydrogens (tertiary/aromatic N) is 3. The number of aromatic nitrogens is 1. The first kappa shape index (κ1) is 21.4. The first-order valence-corrected chi connectivity index (χ1v) is 8.55.